The van der Waals surface area contributed by atoms with Gasteiger partial charge in [-0.3, -0.25) is 0 Å². The number of benzene rings is 1. The molecule has 0 radical (unpaired) electrons. The van der Waals surface area contributed by atoms with Crippen LogP contribution in [0.5, 0.6) is 5.75 Å². The van der Waals surface area contributed by atoms with Gasteiger partial charge >= 0.3 is 0 Å². The van der Waals surface area contributed by atoms with Gasteiger partial charge in [0.15, 0.2) is 0 Å². The first-order valence-electron chi connectivity index (χ1n) is 5.28. The highest BCUT2D eigenvalue weighted by Crippen LogP contribution is 2.29. The number of guanidine groups is 1. The van der Waals surface area contributed by atoms with Gasteiger partial charge in [-0.15, -0.1) is 5.10 Å². The van der Waals surface area contributed by atoms with Crippen molar-refractivity contribution in [2.75, 3.05) is 6.61 Å². The number of hydrogen-bond donors (Lipinski definition) is 2. The van der Waals surface area contributed by atoms with Gasteiger partial charge < -0.3 is 16.2 Å². The first kappa shape index (κ1) is 15.2. The number of rotatable bonds is 5. The summed E-state index contributed by atoms with van der Waals surface area (Å²) in [6.07, 6.45) is 2.51. The normalized spacial score (nSPS) is 10.6. The highest BCUT2D eigenvalue weighted by Gasteiger charge is 2.08. The van der Waals surface area contributed by atoms with Crippen molar-refractivity contribution in [3.05, 3.63) is 25.7 Å². The third kappa shape index (κ3) is 4.81. The fraction of sp³-hybridized carbons (Fsp3) is 0.273. The lowest BCUT2D eigenvalue weighted by Gasteiger charge is -2.10. The molecule has 0 heterocycles. The molecular weight excluding hydrogens is 411 g/mol. The topological polar surface area (TPSA) is 86.0 Å². The predicted molar refractivity (Wildman–Crippen MR) is 86.0 cm³/mol. The van der Waals surface area contributed by atoms with E-state index in [1.807, 2.05) is 12.1 Å². The molecule has 1 rings (SSSR count). The van der Waals surface area contributed by atoms with E-state index in [1.54, 1.807) is 6.21 Å². The molecule has 0 aliphatic rings. The summed E-state index contributed by atoms with van der Waals surface area (Å²) in [6.45, 7) is 2.71. The first-order chi connectivity index (χ1) is 8.54. The van der Waals surface area contributed by atoms with Crippen LogP contribution in [-0.2, 0) is 0 Å². The fourth-order valence-electron chi connectivity index (χ4n) is 1.19. The largest absolute Gasteiger partial charge is 0.492 e. The molecule has 5 nitrogen and oxygen atoms in total. The van der Waals surface area contributed by atoms with Crippen molar-refractivity contribution >= 4 is 50.7 Å². The minimum absolute atomic E-state index is 0.0769. The standard InChI is InChI=1S/C11H14BrIN4O/c1-2-3-18-10-7(6-16-17-11(14)15)4-8(12)5-9(10)13/h4-6H,2-3H2,1H3,(H4,14,15,17). The average molecular weight is 425 g/mol. The highest BCUT2D eigenvalue weighted by atomic mass is 127. The quantitative estimate of drug-likeness (QED) is 0.329. The van der Waals surface area contributed by atoms with E-state index in [2.05, 4.69) is 55.6 Å². The van der Waals surface area contributed by atoms with Crippen molar-refractivity contribution < 1.29 is 4.74 Å². The van der Waals surface area contributed by atoms with Crippen LogP contribution in [0.3, 0.4) is 0 Å². The van der Waals surface area contributed by atoms with E-state index in [0.717, 1.165) is 25.8 Å². The van der Waals surface area contributed by atoms with Crippen molar-refractivity contribution in [2.24, 2.45) is 21.7 Å². The third-order valence-electron chi connectivity index (χ3n) is 1.86. The second kappa shape index (κ2) is 7.57. The molecule has 0 bridgehead atoms. The van der Waals surface area contributed by atoms with Crippen LogP contribution < -0.4 is 16.2 Å². The zero-order valence-corrected chi connectivity index (χ0v) is 13.6. The molecular formula is C11H14BrIN4O. The molecule has 18 heavy (non-hydrogen) atoms. The third-order valence-corrected chi connectivity index (χ3v) is 3.12. The molecule has 1 aromatic carbocycles. The Kier molecular flexibility index (Phi) is 6.41. The van der Waals surface area contributed by atoms with E-state index in [0.29, 0.717) is 6.61 Å². The predicted octanol–water partition coefficient (Wildman–Crippen LogP) is 2.45. The van der Waals surface area contributed by atoms with Gasteiger partial charge in [0.05, 0.1) is 16.4 Å². The molecule has 0 saturated heterocycles. The second-order valence-electron chi connectivity index (χ2n) is 3.42. The van der Waals surface area contributed by atoms with E-state index in [4.69, 9.17) is 16.2 Å². The molecule has 0 amide bonds. The van der Waals surface area contributed by atoms with Gasteiger partial charge in [0.1, 0.15) is 5.75 Å². The molecule has 4 N–H and O–H groups in total. The smallest absolute Gasteiger partial charge is 0.211 e. The van der Waals surface area contributed by atoms with Gasteiger partial charge in [0, 0.05) is 10.0 Å². The van der Waals surface area contributed by atoms with Crippen molar-refractivity contribution in [2.45, 2.75) is 13.3 Å². The number of ether oxygens (including phenoxy) is 1. The van der Waals surface area contributed by atoms with Gasteiger partial charge in [-0.2, -0.15) is 5.10 Å². The second-order valence-corrected chi connectivity index (χ2v) is 5.50. The summed E-state index contributed by atoms with van der Waals surface area (Å²) in [6, 6.07) is 3.88. The SMILES string of the molecule is CCCOc1c(I)cc(Br)cc1C=NN=C(N)N. The number of hydrogen-bond acceptors (Lipinski definition) is 3. The van der Waals surface area contributed by atoms with Crippen LogP contribution in [-0.4, -0.2) is 18.8 Å². The van der Waals surface area contributed by atoms with Gasteiger partial charge in [0.2, 0.25) is 5.96 Å². The zero-order valence-electron chi connectivity index (χ0n) is 9.86. The lowest BCUT2D eigenvalue weighted by atomic mass is 10.2. The van der Waals surface area contributed by atoms with Gasteiger partial charge in [-0.25, -0.2) is 0 Å². The summed E-state index contributed by atoms with van der Waals surface area (Å²) in [5.74, 6) is 0.710. The van der Waals surface area contributed by atoms with Crippen molar-refractivity contribution in [1.82, 2.24) is 0 Å². The Labute approximate surface area is 128 Å². The Bertz CT molecular complexity index is 472. The van der Waals surface area contributed by atoms with Crippen LogP contribution in [0.15, 0.2) is 26.8 Å². The van der Waals surface area contributed by atoms with Crippen LogP contribution in [0, 0.1) is 3.57 Å². The van der Waals surface area contributed by atoms with E-state index >= 15 is 0 Å². The minimum atomic E-state index is -0.0769. The summed E-state index contributed by atoms with van der Waals surface area (Å²) < 4.78 is 7.65. The fourth-order valence-corrected chi connectivity index (χ4v) is 2.90. The van der Waals surface area contributed by atoms with Crippen LogP contribution in [0.1, 0.15) is 18.9 Å². The van der Waals surface area contributed by atoms with Crippen LogP contribution in [0.4, 0.5) is 0 Å². The molecule has 0 fully saturated rings. The minimum Gasteiger partial charge on any atom is -0.492 e. The maximum absolute atomic E-state index is 5.70. The molecule has 0 atom stereocenters. The maximum atomic E-state index is 5.70. The summed E-state index contributed by atoms with van der Waals surface area (Å²) in [7, 11) is 0. The van der Waals surface area contributed by atoms with Crippen molar-refractivity contribution in [3.63, 3.8) is 0 Å². The highest BCUT2D eigenvalue weighted by molar-refractivity contribution is 14.1. The van der Waals surface area contributed by atoms with Gasteiger partial charge in [-0.1, -0.05) is 22.9 Å². The molecule has 7 heteroatoms. The van der Waals surface area contributed by atoms with Gasteiger partial charge in [-0.05, 0) is 41.1 Å². The van der Waals surface area contributed by atoms with E-state index in [-0.39, 0.29) is 5.96 Å². The number of nitrogens with zero attached hydrogens (tertiary/aromatic N) is 2. The van der Waals surface area contributed by atoms with E-state index in [9.17, 15) is 0 Å². The zero-order chi connectivity index (χ0) is 13.5. The number of halogens is 2. The monoisotopic (exact) mass is 424 g/mol. The van der Waals surface area contributed by atoms with Crippen LogP contribution in [0.2, 0.25) is 0 Å². The first-order valence-corrected chi connectivity index (χ1v) is 7.15. The van der Waals surface area contributed by atoms with E-state index in [1.165, 1.54) is 0 Å². The molecule has 0 spiro atoms. The molecule has 0 saturated carbocycles. The molecule has 0 aromatic heterocycles. The average Bonchev–Trinajstić information content (AvgIpc) is 2.27. The summed E-state index contributed by atoms with van der Waals surface area (Å²) in [5.41, 5.74) is 11.2. The number of nitrogens with two attached hydrogens (primary N) is 2. The Morgan fingerprint density at radius 2 is 2.22 bits per heavy atom. The molecule has 98 valence electrons. The lowest BCUT2D eigenvalue weighted by Crippen LogP contribution is -2.21. The van der Waals surface area contributed by atoms with Crippen molar-refractivity contribution in [3.8, 4) is 5.75 Å². The van der Waals surface area contributed by atoms with Crippen molar-refractivity contribution in [1.29, 1.82) is 0 Å². The Morgan fingerprint density at radius 1 is 1.50 bits per heavy atom. The summed E-state index contributed by atoms with van der Waals surface area (Å²) in [4.78, 5) is 0. The van der Waals surface area contributed by atoms with Gasteiger partial charge in [0.25, 0.3) is 0 Å². The van der Waals surface area contributed by atoms with Crippen LogP contribution in [0.25, 0.3) is 0 Å². The van der Waals surface area contributed by atoms with Crippen LogP contribution >= 0.6 is 38.5 Å². The summed E-state index contributed by atoms with van der Waals surface area (Å²) >= 11 is 5.64. The summed E-state index contributed by atoms with van der Waals surface area (Å²) in [5, 5.41) is 7.37. The Morgan fingerprint density at radius 3 is 2.83 bits per heavy atom. The van der Waals surface area contributed by atoms with E-state index < -0.39 is 0 Å². The Hall–Kier alpha value is -0.830. The maximum Gasteiger partial charge on any atom is 0.211 e. The Balaban J connectivity index is 3.06. The molecule has 0 aliphatic carbocycles. The molecule has 0 aliphatic heterocycles. The lowest BCUT2D eigenvalue weighted by molar-refractivity contribution is 0.315. The molecule has 1 aromatic rings. The molecule has 0 unspecified atom stereocenters.